The van der Waals surface area contributed by atoms with Crippen molar-refractivity contribution in [3.63, 3.8) is 0 Å². The summed E-state index contributed by atoms with van der Waals surface area (Å²) in [5, 5.41) is 0.449. The predicted molar refractivity (Wildman–Crippen MR) is 121 cm³/mol. The maximum Gasteiger partial charge on any atom is 0.233 e. The summed E-state index contributed by atoms with van der Waals surface area (Å²) >= 11 is 1.28. The second-order valence-electron chi connectivity index (χ2n) is 7.02. The van der Waals surface area contributed by atoms with Crippen molar-refractivity contribution in [1.82, 2.24) is 9.88 Å². The molecule has 0 saturated heterocycles. The van der Waals surface area contributed by atoms with Crippen LogP contribution >= 0.6 is 23.7 Å². The van der Waals surface area contributed by atoms with Crippen LogP contribution in [0, 0.1) is 5.82 Å². The van der Waals surface area contributed by atoms with Crippen molar-refractivity contribution >= 4 is 54.8 Å². The van der Waals surface area contributed by atoms with E-state index in [1.165, 1.54) is 29.5 Å². The van der Waals surface area contributed by atoms with E-state index in [1.807, 2.05) is 19.0 Å². The third-order valence-electron chi connectivity index (χ3n) is 4.34. The number of rotatable bonds is 7. The Morgan fingerprint density at radius 3 is 2.37 bits per heavy atom. The summed E-state index contributed by atoms with van der Waals surface area (Å²) in [6, 6.07) is 10.8. The van der Waals surface area contributed by atoms with Gasteiger partial charge in [-0.15, -0.1) is 12.4 Å². The normalized spacial score (nSPS) is 11.5. The van der Waals surface area contributed by atoms with E-state index in [0.29, 0.717) is 34.0 Å². The third-order valence-corrected chi connectivity index (χ3v) is 6.51. The number of nitrogens with zero attached hydrogens (tertiary/aromatic N) is 3. The van der Waals surface area contributed by atoms with Gasteiger partial charge in [-0.25, -0.2) is 17.8 Å². The lowest BCUT2D eigenvalue weighted by atomic mass is 10.1. The zero-order chi connectivity index (χ0) is 21.2. The second-order valence-corrected chi connectivity index (χ2v) is 10.0. The Morgan fingerprint density at radius 2 is 1.77 bits per heavy atom. The predicted octanol–water partition coefficient (Wildman–Crippen LogP) is 3.40. The van der Waals surface area contributed by atoms with E-state index < -0.39 is 9.84 Å². The molecular weight excluding hydrogens is 449 g/mol. The summed E-state index contributed by atoms with van der Waals surface area (Å²) in [7, 11) is 0.368. The van der Waals surface area contributed by atoms with Gasteiger partial charge in [-0.05, 0) is 43.9 Å². The summed E-state index contributed by atoms with van der Waals surface area (Å²) in [6.45, 7) is 1.02. The fourth-order valence-corrected chi connectivity index (χ4v) is 4.76. The fraction of sp³-hybridized carbons (Fsp3) is 0.300. The van der Waals surface area contributed by atoms with Crippen LogP contribution in [0.5, 0.6) is 0 Å². The van der Waals surface area contributed by atoms with Crippen LogP contribution in [0.25, 0.3) is 10.2 Å². The van der Waals surface area contributed by atoms with Crippen molar-refractivity contribution in [2.24, 2.45) is 0 Å². The fourth-order valence-electron chi connectivity index (χ4n) is 2.83. The molecule has 0 radical (unpaired) electrons. The summed E-state index contributed by atoms with van der Waals surface area (Å²) in [4.78, 5) is 21.2. The van der Waals surface area contributed by atoms with Gasteiger partial charge in [0, 0.05) is 19.3 Å². The molecule has 0 atom stereocenters. The molecule has 0 N–H and O–H groups in total. The molecule has 0 aliphatic heterocycles. The number of fused-ring (bicyclic) bond motifs is 1. The van der Waals surface area contributed by atoms with Crippen molar-refractivity contribution in [1.29, 1.82) is 0 Å². The van der Waals surface area contributed by atoms with E-state index in [-0.39, 0.29) is 35.4 Å². The minimum Gasteiger partial charge on any atom is -0.308 e. The highest BCUT2D eigenvalue weighted by Crippen LogP contribution is 2.33. The quantitative estimate of drug-likeness (QED) is 0.528. The van der Waals surface area contributed by atoms with Gasteiger partial charge in [0.2, 0.25) is 5.91 Å². The first-order valence-corrected chi connectivity index (χ1v) is 11.6. The van der Waals surface area contributed by atoms with Crippen LogP contribution in [-0.2, 0) is 21.1 Å². The molecule has 1 heterocycles. The largest absolute Gasteiger partial charge is 0.308 e. The summed E-state index contributed by atoms with van der Waals surface area (Å²) in [5.41, 5.74) is 1.07. The molecule has 0 fully saturated rings. The van der Waals surface area contributed by atoms with Crippen LogP contribution in [-0.4, -0.2) is 57.6 Å². The van der Waals surface area contributed by atoms with Crippen LogP contribution < -0.4 is 4.90 Å². The van der Waals surface area contributed by atoms with Gasteiger partial charge >= 0.3 is 0 Å². The van der Waals surface area contributed by atoms with Crippen molar-refractivity contribution in [3.8, 4) is 0 Å². The summed E-state index contributed by atoms with van der Waals surface area (Å²) in [5.74, 6) is -0.538. The Balaban J connectivity index is 0.00000320. The first-order valence-electron chi connectivity index (χ1n) is 8.94. The Bertz CT molecular complexity index is 1130. The number of amides is 1. The van der Waals surface area contributed by atoms with E-state index in [4.69, 9.17) is 0 Å². The van der Waals surface area contributed by atoms with Crippen molar-refractivity contribution in [2.75, 3.05) is 38.3 Å². The third kappa shape index (κ3) is 5.75. The number of sulfone groups is 1. The van der Waals surface area contributed by atoms with Crippen LogP contribution in [0.1, 0.15) is 5.56 Å². The minimum atomic E-state index is -3.44. The van der Waals surface area contributed by atoms with Gasteiger partial charge in [0.25, 0.3) is 0 Å². The maximum atomic E-state index is 13.2. The molecule has 0 bridgehead atoms. The van der Waals surface area contributed by atoms with Gasteiger partial charge in [-0.2, -0.15) is 0 Å². The number of halogens is 2. The van der Waals surface area contributed by atoms with E-state index in [2.05, 4.69) is 4.98 Å². The smallest absolute Gasteiger partial charge is 0.233 e. The highest BCUT2D eigenvalue weighted by atomic mass is 35.5. The highest BCUT2D eigenvalue weighted by molar-refractivity contribution is 7.91. The van der Waals surface area contributed by atoms with Gasteiger partial charge < -0.3 is 4.90 Å². The number of hydrogen-bond acceptors (Lipinski definition) is 6. The lowest BCUT2D eigenvalue weighted by Crippen LogP contribution is -2.37. The van der Waals surface area contributed by atoms with Crippen molar-refractivity contribution in [2.45, 2.75) is 11.3 Å². The molecule has 0 saturated carbocycles. The molecule has 0 aliphatic rings. The molecule has 1 aromatic heterocycles. The molecule has 162 valence electrons. The molecule has 3 rings (SSSR count). The molecular formula is C20H23ClFN3O3S2. The number of likely N-dealkylation sites (N-methyl/N-ethyl adjacent to an activating group) is 1. The average molecular weight is 472 g/mol. The van der Waals surface area contributed by atoms with Crippen LogP contribution in [0.2, 0.25) is 0 Å². The molecule has 3 aromatic rings. The lowest BCUT2D eigenvalue weighted by molar-refractivity contribution is -0.118. The van der Waals surface area contributed by atoms with E-state index >= 15 is 0 Å². The average Bonchev–Trinajstić information content (AvgIpc) is 3.06. The van der Waals surface area contributed by atoms with Gasteiger partial charge in [0.1, 0.15) is 11.3 Å². The van der Waals surface area contributed by atoms with E-state index in [1.54, 1.807) is 29.2 Å². The highest BCUT2D eigenvalue weighted by Gasteiger charge is 2.22. The monoisotopic (exact) mass is 471 g/mol. The number of thiazole rings is 1. The SMILES string of the molecule is CN(C)CCN(C(=O)Cc1ccc(F)cc1)c1nc2c(S(C)(=O)=O)cccc2s1.Cl. The molecule has 6 nitrogen and oxygen atoms in total. The van der Waals surface area contributed by atoms with Crippen molar-refractivity contribution < 1.29 is 17.6 Å². The summed E-state index contributed by atoms with van der Waals surface area (Å²) in [6.07, 6.45) is 1.24. The van der Waals surface area contributed by atoms with Crippen LogP contribution in [0.3, 0.4) is 0 Å². The number of anilines is 1. The first kappa shape index (κ1) is 24.2. The standard InChI is InChI=1S/C20H22FN3O3S2.ClH/c1-23(2)11-12-24(18(25)13-14-7-9-15(21)10-8-14)20-22-19-16(28-20)5-4-6-17(19)29(3,26)27;/h4-10H,11-13H2,1-3H3;1H. The van der Waals surface area contributed by atoms with Gasteiger partial charge in [0.15, 0.2) is 15.0 Å². The molecule has 0 aliphatic carbocycles. The number of para-hydroxylation sites is 1. The number of hydrogen-bond donors (Lipinski definition) is 0. The zero-order valence-electron chi connectivity index (χ0n) is 16.8. The number of carbonyl (C=O) groups is 1. The Labute approximate surface area is 185 Å². The number of aromatic nitrogens is 1. The molecule has 0 unspecified atom stereocenters. The lowest BCUT2D eigenvalue weighted by Gasteiger charge is -2.22. The molecule has 30 heavy (non-hydrogen) atoms. The Kier molecular flexibility index (Phi) is 7.93. The van der Waals surface area contributed by atoms with Gasteiger partial charge in [-0.3, -0.25) is 9.69 Å². The van der Waals surface area contributed by atoms with E-state index in [0.717, 1.165) is 6.26 Å². The Hall–Kier alpha value is -2.07. The number of carbonyl (C=O) groups excluding carboxylic acids is 1. The molecule has 0 spiro atoms. The summed E-state index contributed by atoms with van der Waals surface area (Å²) < 4.78 is 38.0. The Morgan fingerprint density at radius 1 is 1.10 bits per heavy atom. The first-order chi connectivity index (χ1) is 13.6. The van der Waals surface area contributed by atoms with Gasteiger partial charge in [0.05, 0.1) is 16.0 Å². The molecule has 1 amide bonds. The zero-order valence-corrected chi connectivity index (χ0v) is 19.3. The van der Waals surface area contributed by atoms with E-state index in [9.17, 15) is 17.6 Å². The minimum absolute atomic E-state index is 0. The topological polar surface area (TPSA) is 70.6 Å². The number of benzene rings is 2. The maximum absolute atomic E-state index is 13.2. The van der Waals surface area contributed by atoms with Crippen molar-refractivity contribution in [3.05, 3.63) is 53.8 Å². The molecule has 10 heteroatoms. The van der Waals surface area contributed by atoms with Crippen LogP contribution in [0.4, 0.5) is 9.52 Å². The van der Waals surface area contributed by atoms with Gasteiger partial charge in [-0.1, -0.05) is 29.5 Å². The molecule has 2 aromatic carbocycles. The van der Waals surface area contributed by atoms with Crippen LogP contribution in [0.15, 0.2) is 47.4 Å². The second kappa shape index (κ2) is 9.82.